The lowest BCUT2D eigenvalue weighted by molar-refractivity contribution is -0.384. The second-order valence-corrected chi connectivity index (χ2v) is 7.59. The van der Waals surface area contributed by atoms with Crippen LogP contribution in [0.3, 0.4) is 0 Å². The number of Topliss-reactive ketones (excluding diaryl/α,β-unsaturated/α-hetero) is 1. The van der Waals surface area contributed by atoms with Gasteiger partial charge in [-0.05, 0) is 48.7 Å². The molecule has 1 aliphatic carbocycles. The van der Waals surface area contributed by atoms with Crippen molar-refractivity contribution < 1.29 is 14.5 Å². The zero-order chi connectivity index (χ0) is 23.5. The highest BCUT2D eigenvalue weighted by atomic mass is 16.6. The number of aryl methyl sites for hydroxylation is 2. The normalized spacial score (nSPS) is 13.8. The van der Waals surface area contributed by atoms with Gasteiger partial charge in [0.05, 0.1) is 10.5 Å². The van der Waals surface area contributed by atoms with E-state index in [1.807, 2.05) is 19.1 Å². The Morgan fingerprint density at radius 2 is 1.70 bits per heavy atom. The van der Waals surface area contributed by atoms with Gasteiger partial charge in [-0.25, -0.2) is 0 Å². The van der Waals surface area contributed by atoms with E-state index in [0.29, 0.717) is 16.8 Å². The van der Waals surface area contributed by atoms with E-state index in [1.165, 1.54) is 18.2 Å². The number of amides is 1. The van der Waals surface area contributed by atoms with Gasteiger partial charge in [-0.15, -0.1) is 0 Å². The Bertz CT molecular complexity index is 1360. The molecule has 4 rings (SSSR count). The highest BCUT2D eigenvalue weighted by Gasteiger charge is 2.30. The summed E-state index contributed by atoms with van der Waals surface area (Å²) in [6, 6.07) is 18.9. The second-order valence-electron chi connectivity index (χ2n) is 7.59. The van der Waals surface area contributed by atoms with Crippen molar-refractivity contribution >= 4 is 40.5 Å². The fraction of sp³-hybridized carbons (Fsp3) is 0.0800. The first-order valence-corrected chi connectivity index (χ1v) is 10.2. The molecule has 0 atom stereocenters. The van der Waals surface area contributed by atoms with Crippen LogP contribution in [0.25, 0.3) is 6.08 Å². The number of nitrogens with one attached hydrogen (secondary N) is 2. The number of ketones is 1. The molecule has 0 unspecified atom stereocenters. The van der Waals surface area contributed by atoms with Crippen molar-refractivity contribution in [2.45, 2.75) is 13.8 Å². The Kier molecular flexibility index (Phi) is 5.82. The second kappa shape index (κ2) is 8.88. The summed E-state index contributed by atoms with van der Waals surface area (Å²) >= 11 is 0. The van der Waals surface area contributed by atoms with Crippen molar-refractivity contribution in [2.24, 2.45) is 5.10 Å². The van der Waals surface area contributed by atoms with E-state index in [4.69, 9.17) is 0 Å². The average Bonchev–Trinajstić information content (AvgIpc) is 2.80. The van der Waals surface area contributed by atoms with Crippen molar-refractivity contribution in [3.05, 3.63) is 105 Å². The molecule has 8 nitrogen and oxygen atoms in total. The van der Waals surface area contributed by atoms with Crippen LogP contribution in [-0.2, 0) is 9.59 Å². The van der Waals surface area contributed by atoms with Gasteiger partial charge in [0.25, 0.3) is 11.6 Å². The number of carbonyl (C=O) groups is 2. The molecule has 33 heavy (non-hydrogen) atoms. The van der Waals surface area contributed by atoms with Gasteiger partial charge in [0.1, 0.15) is 11.4 Å². The van der Waals surface area contributed by atoms with Gasteiger partial charge in [0.15, 0.2) is 0 Å². The molecule has 0 saturated heterocycles. The minimum atomic E-state index is -0.581. The molecule has 1 aliphatic rings. The van der Waals surface area contributed by atoms with Crippen molar-refractivity contribution in [3.63, 3.8) is 0 Å². The zero-order valence-electron chi connectivity index (χ0n) is 18.0. The first-order valence-electron chi connectivity index (χ1n) is 10.2. The highest BCUT2D eigenvalue weighted by Crippen LogP contribution is 2.27. The Morgan fingerprint density at radius 1 is 0.970 bits per heavy atom. The predicted octanol–water partition coefficient (Wildman–Crippen LogP) is 4.63. The van der Waals surface area contributed by atoms with Crippen LogP contribution in [0.4, 0.5) is 17.1 Å². The van der Waals surface area contributed by atoms with Gasteiger partial charge >= 0.3 is 0 Å². The molecule has 164 valence electrons. The number of hydrogen-bond donors (Lipinski definition) is 2. The molecular weight excluding hydrogens is 420 g/mol. The maximum absolute atomic E-state index is 13.3. The van der Waals surface area contributed by atoms with Crippen LogP contribution in [-0.4, -0.2) is 22.3 Å². The van der Waals surface area contributed by atoms with Crippen molar-refractivity contribution in [1.82, 2.24) is 0 Å². The van der Waals surface area contributed by atoms with Gasteiger partial charge in [0, 0.05) is 17.3 Å². The van der Waals surface area contributed by atoms with E-state index < -0.39 is 16.6 Å². The molecule has 3 aromatic carbocycles. The van der Waals surface area contributed by atoms with Crippen molar-refractivity contribution in [2.75, 3.05) is 10.7 Å². The van der Waals surface area contributed by atoms with Gasteiger partial charge in [-0.3, -0.25) is 25.1 Å². The van der Waals surface area contributed by atoms with E-state index in [0.717, 1.165) is 11.1 Å². The lowest BCUT2D eigenvalue weighted by atomic mass is 9.89. The third-order valence-corrected chi connectivity index (χ3v) is 5.25. The number of fused-ring (bicyclic) bond motifs is 1. The van der Waals surface area contributed by atoms with E-state index in [2.05, 4.69) is 15.8 Å². The summed E-state index contributed by atoms with van der Waals surface area (Å²) in [5, 5.41) is 18.4. The van der Waals surface area contributed by atoms with Gasteiger partial charge in [-0.1, -0.05) is 48.5 Å². The number of anilines is 2. The van der Waals surface area contributed by atoms with Crippen LogP contribution >= 0.6 is 0 Å². The monoisotopic (exact) mass is 440 g/mol. The number of para-hydroxylation sites is 1. The van der Waals surface area contributed by atoms with Crippen molar-refractivity contribution in [3.8, 4) is 0 Å². The van der Waals surface area contributed by atoms with E-state index in [-0.39, 0.29) is 22.7 Å². The van der Waals surface area contributed by atoms with Crippen LogP contribution < -0.4 is 10.7 Å². The Hall–Kier alpha value is -4.59. The highest BCUT2D eigenvalue weighted by molar-refractivity contribution is 6.59. The fourth-order valence-electron chi connectivity index (χ4n) is 3.50. The number of hydrazone groups is 1. The lowest BCUT2D eigenvalue weighted by Crippen LogP contribution is -2.30. The van der Waals surface area contributed by atoms with Crippen LogP contribution in [0.2, 0.25) is 0 Å². The summed E-state index contributed by atoms with van der Waals surface area (Å²) < 4.78 is 0. The van der Waals surface area contributed by atoms with E-state index >= 15 is 0 Å². The SMILES string of the molecule is Cc1ccc(N/N=C2\C(=O)C(C(=O)Nc3ccccc3C)=Cc3ccccc32)c([N+](=O)[O-])c1. The predicted molar refractivity (Wildman–Crippen MR) is 127 cm³/mol. The fourth-order valence-corrected chi connectivity index (χ4v) is 3.50. The summed E-state index contributed by atoms with van der Waals surface area (Å²) in [5.41, 5.74) is 5.90. The summed E-state index contributed by atoms with van der Waals surface area (Å²) in [6.07, 6.45) is 1.53. The third-order valence-electron chi connectivity index (χ3n) is 5.25. The van der Waals surface area contributed by atoms with Crippen LogP contribution in [0, 0.1) is 24.0 Å². The minimum Gasteiger partial charge on any atom is -0.322 e. The number of hydrogen-bond acceptors (Lipinski definition) is 6. The summed E-state index contributed by atoms with van der Waals surface area (Å²) in [6.45, 7) is 3.60. The molecule has 8 heteroatoms. The zero-order valence-corrected chi connectivity index (χ0v) is 18.0. The molecule has 0 heterocycles. The number of carbonyl (C=O) groups excluding carboxylic acids is 2. The number of nitrogens with zero attached hydrogens (tertiary/aromatic N) is 2. The van der Waals surface area contributed by atoms with Crippen LogP contribution in [0.5, 0.6) is 0 Å². The summed E-state index contributed by atoms with van der Waals surface area (Å²) in [4.78, 5) is 37.1. The first-order chi connectivity index (χ1) is 15.8. The lowest BCUT2D eigenvalue weighted by Gasteiger charge is -2.18. The van der Waals surface area contributed by atoms with Gasteiger partial charge < -0.3 is 5.32 Å². The molecule has 0 aliphatic heterocycles. The standard InChI is InChI=1S/C25H20N4O4/c1-15-11-12-21(22(13-15)29(32)33)27-28-23-18-9-5-4-8-17(18)14-19(24(23)30)25(31)26-20-10-6-3-7-16(20)2/h3-14,27H,1-2H3,(H,26,31)/b28-23-. The summed E-state index contributed by atoms with van der Waals surface area (Å²) in [5.74, 6) is -1.14. The van der Waals surface area contributed by atoms with E-state index in [1.54, 1.807) is 49.4 Å². The Labute approximate surface area is 189 Å². The van der Waals surface area contributed by atoms with Crippen LogP contribution in [0.1, 0.15) is 22.3 Å². The molecule has 0 bridgehead atoms. The average molecular weight is 440 g/mol. The smallest absolute Gasteiger partial charge is 0.294 e. The Balaban J connectivity index is 1.71. The van der Waals surface area contributed by atoms with Crippen molar-refractivity contribution in [1.29, 1.82) is 0 Å². The molecule has 0 spiro atoms. The summed E-state index contributed by atoms with van der Waals surface area (Å²) in [7, 11) is 0. The molecule has 1 amide bonds. The Morgan fingerprint density at radius 3 is 2.45 bits per heavy atom. The van der Waals surface area contributed by atoms with Gasteiger partial charge in [0.2, 0.25) is 5.78 Å². The number of rotatable bonds is 5. The quantitative estimate of drug-likeness (QED) is 0.341. The number of nitro groups is 1. The first kappa shape index (κ1) is 21.6. The maximum Gasteiger partial charge on any atom is 0.294 e. The van der Waals surface area contributed by atoms with Gasteiger partial charge in [-0.2, -0.15) is 5.10 Å². The third kappa shape index (κ3) is 4.40. The van der Waals surface area contributed by atoms with E-state index in [9.17, 15) is 19.7 Å². The topological polar surface area (TPSA) is 114 Å². The molecule has 0 saturated carbocycles. The molecule has 0 aromatic heterocycles. The van der Waals surface area contributed by atoms with Crippen LogP contribution in [0.15, 0.2) is 77.4 Å². The minimum absolute atomic E-state index is 0.00194. The largest absolute Gasteiger partial charge is 0.322 e. The molecule has 0 radical (unpaired) electrons. The molecule has 3 aromatic rings. The maximum atomic E-state index is 13.3. The number of benzene rings is 3. The molecule has 2 N–H and O–H groups in total. The molecule has 0 fully saturated rings. The number of nitro benzene ring substituents is 1. The molecular formula is C25H20N4O4.